The molecule has 12 heteroatoms. The minimum Gasteiger partial charge on any atom is -0.271 e. The smallest absolute Gasteiger partial charge is 0.271 e. The third kappa shape index (κ3) is 6.07. The minimum atomic E-state index is -4.84. The topological polar surface area (TPSA) is 78.8 Å². The molecule has 0 fully saturated rings. The Balaban J connectivity index is 1.95. The van der Waals surface area contributed by atoms with E-state index in [4.69, 9.17) is 23.2 Å². The third-order valence-electron chi connectivity index (χ3n) is 4.46. The Kier molecular flexibility index (Phi) is 7.86. The molecule has 0 radical (unpaired) electrons. The molecule has 0 bridgehead atoms. The summed E-state index contributed by atoms with van der Waals surface area (Å²) in [4.78, 5) is 12.3. The van der Waals surface area contributed by atoms with Gasteiger partial charge in [0, 0.05) is 10.6 Å². The number of alkyl halides is 3. The average Bonchev–Trinajstić information content (AvgIpc) is 2.79. The predicted molar refractivity (Wildman–Crippen MR) is 125 cm³/mol. The molecule has 0 unspecified atom stereocenters. The maximum Gasteiger partial charge on any atom is 0.417 e. The molecule has 0 atom stereocenters. The zero-order valence-corrected chi connectivity index (χ0v) is 19.5. The van der Waals surface area contributed by atoms with Crippen LogP contribution in [0.5, 0.6) is 0 Å². The highest BCUT2D eigenvalue weighted by molar-refractivity contribution is 7.92. The molecule has 178 valence electrons. The summed E-state index contributed by atoms with van der Waals surface area (Å²) >= 11 is 11.7. The normalized spacial score (nSPS) is 12.0. The van der Waals surface area contributed by atoms with Crippen LogP contribution in [0.4, 0.5) is 18.9 Å². The molecule has 3 aromatic carbocycles. The van der Waals surface area contributed by atoms with Crippen molar-refractivity contribution >= 4 is 51.0 Å². The highest BCUT2D eigenvalue weighted by atomic mass is 35.5. The van der Waals surface area contributed by atoms with Gasteiger partial charge in [-0.05, 0) is 36.4 Å². The van der Waals surface area contributed by atoms with Crippen molar-refractivity contribution in [2.24, 2.45) is 5.10 Å². The first-order valence-corrected chi connectivity index (χ1v) is 11.7. The first-order chi connectivity index (χ1) is 16.0. The molecule has 0 saturated carbocycles. The van der Waals surface area contributed by atoms with Crippen LogP contribution in [0.15, 0.2) is 82.8 Å². The number of halogens is 5. The Morgan fingerprint density at radius 1 is 0.971 bits per heavy atom. The van der Waals surface area contributed by atoms with Gasteiger partial charge in [-0.2, -0.15) is 18.3 Å². The second-order valence-corrected chi connectivity index (χ2v) is 9.48. The quantitative estimate of drug-likeness (QED) is 0.330. The summed E-state index contributed by atoms with van der Waals surface area (Å²) < 4.78 is 67.1. The zero-order valence-electron chi connectivity index (χ0n) is 17.1. The number of benzene rings is 3. The number of nitrogens with one attached hydrogen (secondary N) is 1. The van der Waals surface area contributed by atoms with Gasteiger partial charge in [-0.15, -0.1) is 0 Å². The molecule has 0 spiro atoms. The maximum absolute atomic E-state index is 13.4. The summed E-state index contributed by atoms with van der Waals surface area (Å²) in [7, 11) is -4.42. The second-order valence-electron chi connectivity index (χ2n) is 6.80. The molecule has 34 heavy (non-hydrogen) atoms. The number of hydrogen-bond donors (Lipinski definition) is 1. The lowest BCUT2D eigenvalue weighted by atomic mass is 10.2. The summed E-state index contributed by atoms with van der Waals surface area (Å²) in [5.74, 6) is -0.897. The number of rotatable bonds is 7. The number of hydrogen-bond acceptors (Lipinski definition) is 4. The molecule has 0 aliphatic carbocycles. The van der Waals surface area contributed by atoms with Crippen molar-refractivity contribution in [1.82, 2.24) is 5.43 Å². The molecule has 1 amide bonds. The van der Waals surface area contributed by atoms with Crippen LogP contribution >= 0.6 is 23.2 Å². The molecule has 0 aromatic heterocycles. The summed E-state index contributed by atoms with van der Waals surface area (Å²) in [5, 5.41) is 3.50. The van der Waals surface area contributed by atoms with Gasteiger partial charge in [0.15, 0.2) is 0 Å². The number of carbonyl (C=O) groups is 1. The van der Waals surface area contributed by atoms with E-state index in [1.807, 2.05) is 0 Å². The lowest BCUT2D eigenvalue weighted by Gasteiger charge is -2.24. The number of nitrogens with zero attached hydrogens (tertiary/aromatic N) is 2. The van der Waals surface area contributed by atoms with Gasteiger partial charge in [0.2, 0.25) is 0 Å². The number of sulfonamides is 1. The van der Waals surface area contributed by atoms with E-state index in [9.17, 15) is 26.4 Å². The maximum atomic E-state index is 13.4. The number of carbonyl (C=O) groups excluding carboxylic acids is 1. The molecule has 3 aromatic rings. The molecule has 3 rings (SSSR count). The Hall–Kier alpha value is -3.08. The molecule has 0 aliphatic heterocycles. The molecule has 0 heterocycles. The van der Waals surface area contributed by atoms with Gasteiger partial charge >= 0.3 is 6.18 Å². The fourth-order valence-corrected chi connectivity index (χ4v) is 4.68. The minimum absolute atomic E-state index is 0.217. The van der Waals surface area contributed by atoms with Crippen molar-refractivity contribution < 1.29 is 26.4 Å². The van der Waals surface area contributed by atoms with Gasteiger partial charge in [-0.25, -0.2) is 13.8 Å². The van der Waals surface area contributed by atoms with Crippen molar-refractivity contribution in [3.8, 4) is 0 Å². The average molecular weight is 530 g/mol. The van der Waals surface area contributed by atoms with E-state index in [1.54, 1.807) is 30.3 Å². The largest absolute Gasteiger partial charge is 0.417 e. The van der Waals surface area contributed by atoms with Crippen LogP contribution in [0.2, 0.25) is 10.0 Å². The van der Waals surface area contributed by atoms with Crippen LogP contribution in [0.25, 0.3) is 0 Å². The van der Waals surface area contributed by atoms with E-state index in [1.165, 1.54) is 30.5 Å². The number of amides is 1. The van der Waals surface area contributed by atoms with Crippen LogP contribution < -0.4 is 9.73 Å². The number of hydrazone groups is 1. The lowest BCUT2D eigenvalue weighted by molar-refractivity contribution is -0.137. The van der Waals surface area contributed by atoms with Crippen molar-refractivity contribution in [3.05, 3.63) is 94.0 Å². The van der Waals surface area contributed by atoms with Gasteiger partial charge in [0.1, 0.15) is 6.54 Å². The van der Waals surface area contributed by atoms with Gasteiger partial charge in [-0.3, -0.25) is 9.10 Å². The Morgan fingerprint density at radius 3 is 2.26 bits per heavy atom. The zero-order chi connectivity index (χ0) is 24.9. The number of anilines is 1. The third-order valence-corrected chi connectivity index (χ3v) is 6.92. The second kappa shape index (κ2) is 10.5. The molecular weight excluding hydrogens is 514 g/mol. The van der Waals surface area contributed by atoms with Crippen molar-refractivity contribution in [1.29, 1.82) is 0 Å². The molecule has 6 nitrogen and oxygen atoms in total. The van der Waals surface area contributed by atoms with Crippen LogP contribution in [-0.2, 0) is 21.0 Å². The SMILES string of the molecule is O=C(CN(c1ccc(Cl)c(C(F)(F)F)c1)S(=O)(=O)c1ccccc1)N/N=C\c1ccccc1Cl. The van der Waals surface area contributed by atoms with E-state index in [0.717, 1.165) is 12.1 Å². The Morgan fingerprint density at radius 2 is 1.62 bits per heavy atom. The van der Waals surface area contributed by atoms with Gasteiger partial charge < -0.3 is 0 Å². The summed E-state index contributed by atoms with van der Waals surface area (Å²) in [6, 6.07) is 16.2. The highest BCUT2D eigenvalue weighted by Gasteiger charge is 2.35. The predicted octanol–water partition coefficient (Wildman–Crippen LogP) is 5.36. The van der Waals surface area contributed by atoms with E-state index in [2.05, 4.69) is 10.5 Å². The highest BCUT2D eigenvalue weighted by Crippen LogP contribution is 2.38. The van der Waals surface area contributed by atoms with Crippen LogP contribution in [0, 0.1) is 0 Å². The first kappa shape index (κ1) is 25.5. The van der Waals surface area contributed by atoms with E-state index in [-0.39, 0.29) is 4.90 Å². The van der Waals surface area contributed by atoms with E-state index >= 15 is 0 Å². The van der Waals surface area contributed by atoms with Crippen molar-refractivity contribution in [3.63, 3.8) is 0 Å². The van der Waals surface area contributed by atoms with Crippen molar-refractivity contribution in [2.45, 2.75) is 11.1 Å². The molecular formula is C22H16Cl2F3N3O3S. The van der Waals surface area contributed by atoms with Gasteiger partial charge in [0.25, 0.3) is 15.9 Å². The summed E-state index contributed by atoms with van der Waals surface area (Å²) in [6.07, 6.45) is -3.59. The van der Waals surface area contributed by atoms with Crippen molar-refractivity contribution in [2.75, 3.05) is 10.8 Å². The first-order valence-electron chi connectivity index (χ1n) is 9.51. The van der Waals surface area contributed by atoms with E-state index < -0.39 is 44.9 Å². The Bertz CT molecular complexity index is 1320. The molecule has 0 aliphatic rings. The Labute approximate surface area is 203 Å². The lowest BCUT2D eigenvalue weighted by Crippen LogP contribution is -2.39. The van der Waals surface area contributed by atoms with Gasteiger partial charge in [0.05, 0.1) is 27.4 Å². The monoisotopic (exact) mass is 529 g/mol. The van der Waals surface area contributed by atoms with Gasteiger partial charge in [-0.1, -0.05) is 59.6 Å². The van der Waals surface area contributed by atoms with E-state index in [0.29, 0.717) is 21.0 Å². The van der Waals surface area contributed by atoms with Crippen LogP contribution in [0.3, 0.4) is 0 Å². The molecule has 1 N–H and O–H groups in total. The molecule has 0 saturated heterocycles. The summed E-state index contributed by atoms with van der Waals surface area (Å²) in [6.45, 7) is -0.851. The summed E-state index contributed by atoms with van der Waals surface area (Å²) in [5.41, 5.74) is 1.01. The standard InChI is InChI=1S/C22H16Cl2F3N3O3S/c23-19-9-5-4-6-15(19)13-28-29-21(31)14-30(34(32,33)17-7-2-1-3-8-17)16-10-11-20(24)18(12-16)22(25,26)27/h1-13H,14H2,(H,29,31)/b28-13-. The fourth-order valence-electron chi connectivity index (χ4n) is 2.84. The fraction of sp³-hybridized carbons (Fsp3) is 0.0909. The van der Waals surface area contributed by atoms with Crippen LogP contribution in [0.1, 0.15) is 11.1 Å². The van der Waals surface area contributed by atoms with Crippen LogP contribution in [-0.4, -0.2) is 27.1 Å².